The van der Waals surface area contributed by atoms with Crippen LogP contribution in [0.2, 0.25) is 0 Å². The highest BCUT2D eigenvalue weighted by Gasteiger charge is 2.18. The minimum Gasteiger partial charge on any atom is -0.476 e. The van der Waals surface area contributed by atoms with E-state index in [-0.39, 0.29) is 5.78 Å². The molecule has 1 aromatic heterocycles. The topological polar surface area (TPSA) is 51.7 Å². The zero-order chi connectivity index (χ0) is 17.8. The summed E-state index contributed by atoms with van der Waals surface area (Å²) in [6.45, 7) is 9.20. The molecule has 0 aliphatic carbocycles. The van der Waals surface area contributed by atoms with E-state index in [0.29, 0.717) is 31.3 Å². The van der Waals surface area contributed by atoms with Crippen LogP contribution in [0.4, 0.5) is 5.69 Å². The highest BCUT2D eigenvalue weighted by Crippen LogP contribution is 2.33. The molecule has 1 saturated heterocycles. The van der Waals surface area contributed by atoms with E-state index in [4.69, 9.17) is 9.47 Å². The lowest BCUT2D eigenvalue weighted by molar-refractivity contribution is 0.101. The number of ether oxygens (including phenoxy) is 2. The van der Waals surface area contributed by atoms with Gasteiger partial charge in [0.05, 0.1) is 19.8 Å². The van der Waals surface area contributed by atoms with E-state index >= 15 is 0 Å². The van der Waals surface area contributed by atoms with E-state index in [1.165, 1.54) is 0 Å². The van der Waals surface area contributed by atoms with Crippen LogP contribution in [-0.4, -0.2) is 43.7 Å². The average Bonchev–Trinajstić information content (AvgIpc) is 2.63. The summed E-state index contributed by atoms with van der Waals surface area (Å²) in [7, 11) is 0. The quantitative estimate of drug-likeness (QED) is 0.780. The molecule has 0 saturated carbocycles. The van der Waals surface area contributed by atoms with Gasteiger partial charge < -0.3 is 14.4 Å². The molecule has 2 aromatic rings. The van der Waals surface area contributed by atoms with Gasteiger partial charge in [-0.3, -0.25) is 4.79 Å². The first-order chi connectivity index (χ1) is 12.1. The minimum absolute atomic E-state index is 0.0635. The summed E-state index contributed by atoms with van der Waals surface area (Å²) in [6, 6.07) is 7.90. The molecular formula is C20H24N2O3. The van der Waals surface area contributed by atoms with Crippen LogP contribution in [0.1, 0.15) is 29.8 Å². The Hall–Kier alpha value is -2.40. The van der Waals surface area contributed by atoms with Gasteiger partial charge in [-0.2, -0.15) is 0 Å². The van der Waals surface area contributed by atoms with Crippen molar-refractivity contribution in [2.24, 2.45) is 0 Å². The Labute approximate surface area is 148 Å². The molecule has 1 aliphatic rings. The summed E-state index contributed by atoms with van der Waals surface area (Å²) in [5, 5.41) is 0. The zero-order valence-corrected chi connectivity index (χ0v) is 15.0. The minimum atomic E-state index is 0.0635. The zero-order valence-electron chi connectivity index (χ0n) is 15.0. The fourth-order valence-corrected chi connectivity index (χ4v) is 3.02. The van der Waals surface area contributed by atoms with Crippen LogP contribution >= 0.6 is 0 Å². The number of aryl methyl sites for hydroxylation is 1. The first kappa shape index (κ1) is 17.4. The average molecular weight is 340 g/mol. The lowest BCUT2D eigenvalue weighted by atomic mass is 9.97. The van der Waals surface area contributed by atoms with Crippen molar-refractivity contribution in [2.45, 2.75) is 20.8 Å². The first-order valence-corrected chi connectivity index (χ1v) is 8.67. The number of hydrogen-bond acceptors (Lipinski definition) is 5. The Kier molecular flexibility index (Phi) is 5.34. The largest absolute Gasteiger partial charge is 0.476 e. The number of ketones is 1. The maximum Gasteiger partial charge on any atom is 0.237 e. The van der Waals surface area contributed by atoms with Crippen molar-refractivity contribution in [1.29, 1.82) is 0 Å². The van der Waals surface area contributed by atoms with Gasteiger partial charge >= 0.3 is 0 Å². The number of anilines is 1. The second-order valence-corrected chi connectivity index (χ2v) is 6.17. The van der Waals surface area contributed by atoms with E-state index in [9.17, 15) is 4.79 Å². The number of morpholine rings is 1. The van der Waals surface area contributed by atoms with Gasteiger partial charge in [-0.15, -0.1) is 0 Å². The van der Waals surface area contributed by atoms with E-state index in [2.05, 4.69) is 16.0 Å². The third-order valence-corrected chi connectivity index (χ3v) is 4.42. The van der Waals surface area contributed by atoms with Crippen LogP contribution in [0.15, 0.2) is 30.5 Å². The summed E-state index contributed by atoms with van der Waals surface area (Å²) in [5.74, 6) is 0.710. The van der Waals surface area contributed by atoms with Gasteiger partial charge in [-0.25, -0.2) is 4.98 Å². The van der Waals surface area contributed by atoms with E-state index in [0.717, 1.165) is 35.5 Å². The molecule has 1 aromatic carbocycles. The van der Waals surface area contributed by atoms with Crippen molar-refractivity contribution in [3.05, 3.63) is 41.6 Å². The predicted octanol–water partition coefficient (Wildman–Crippen LogP) is 3.49. The van der Waals surface area contributed by atoms with Crippen molar-refractivity contribution in [2.75, 3.05) is 37.8 Å². The molecule has 2 heterocycles. The van der Waals surface area contributed by atoms with Gasteiger partial charge in [0.15, 0.2) is 5.78 Å². The molecule has 0 unspecified atom stereocenters. The number of aromatic nitrogens is 1. The van der Waals surface area contributed by atoms with Crippen LogP contribution in [0.3, 0.4) is 0 Å². The van der Waals surface area contributed by atoms with Crippen molar-refractivity contribution in [3.8, 4) is 17.0 Å². The molecule has 0 atom stereocenters. The molecule has 0 spiro atoms. The van der Waals surface area contributed by atoms with Crippen molar-refractivity contribution in [1.82, 2.24) is 4.98 Å². The molecule has 25 heavy (non-hydrogen) atoms. The van der Waals surface area contributed by atoms with E-state index < -0.39 is 0 Å². The van der Waals surface area contributed by atoms with Crippen LogP contribution < -0.4 is 9.64 Å². The van der Waals surface area contributed by atoms with Gasteiger partial charge in [0.25, 0.3) is 0 Å². The standard InChI is InChI=1S/C20H24N2O3/c1-4-25-20-19(22-7-9-24-10-8-22)12-17(13-21-20)18-11-16(15(3)23)6-5-14(18)2/h5-6,11-13H,4,7-10H2,1-3H3. The number of pyridine rings is 1. The molecule has 0 radical (unpaired) electrons. The van der Waals surface area contributed by atoms with Crippen molar-refractivity contribution < 1.29 is 14.3 Å². The van der Waals surface area contributed by atoms with Crippen molar-refractivity contribution in [3.63, 3.8) is 0 Å². The fourth-order valence-electron chi connectivity index (χ4n) is 3.02. The second kappa shape index (κ2) is 7.66. The highest BCUT2D eigenvalue weighted by atomic mass is 16.5. The molecule has 0 amide bonds. The molecule has 0 N–H and O–H groups in total. The second-order valence-electron chi connectivity index (χ2n) is 6.17. The lowest BCUT2D eigenvalue weighted by Crippen LogP contribution is -2.36. The SMILES string of the molecule is CCOc1ncc(-c2cc(C(C)=O)ccc2C)cc1N1CCOCC1. The van der Waals surface area contributed by atoms with Crippen molar-refractivity contribution >= 4 is 11.5 Å². The summed E-state index contributed by atoms with van der Waals surface area (Å²) < 4.78 is 11.2. The highest BCUT2D eigenvalue weighted by molar-refractivity contribution is 5.95. The van der Waals surface area contributed by atoms with Crippen LogP contribution in [0, 0.1) is 6.92 Å². The number of carbonyl (C=O) groups excluding carboxylic acids is 1. The molecular weight excluding hydrogens is 316 g/mol. The van der Waals surface area contributed by atoms with Gasteiger partial charge in [0, 0.05) is 30.4 Å². The molecule has 0 bridgehead atoms. The maximum atomic E-state index is 11.7. The normalized spacial score (nSPS) is 14.4. The smallest absolute Gasteiger partial charge is 0.237 e. The summed E-state index contributed by atoms with van der Waals surface area (Å²) >= 11 is 0. The number of rotatable bonds is 5. The van der Waals surface area contributed by atoms with Crippen LogP contribution in [0.25, 0.3) is 11.1 Å². The van der Waals surface area contributed by atoms with Crippen LogP contribution in [0.5, 0.6) is 5.88 Å². The number of hydrogen-bond donors (Lipinski definition) is 0. The third-order valence-electron chi connectivity index (χ3n) is 4.42. The number of benzene rings is 1. The van der Waals surface area contributed by atoms with Gasteiger partial charge in [0.2, 0.25) is 5.88 Å². The molecule has 3 rings (SSSR count). The summed E-state index contributed by atoms with van der Waals surface area (Å²) in [6.07, 6.45) is 1.82. The van der Waals surface area contributed by atoms with E-state index in [1.807, 2.05) is 38.2 Å². The lowest BCUT2D eigenvalue weighted by Gasteiger charge is -2.30. The molecule has 1 aliphatic heterocycles. The first-order valence-electron chi connectivity index (χ1n) is 8.67. The third kappa shape index (κ3) is 3.82. The predicted molar refractivity (Wildman–Crippen MR) is 98.6 cm³/mol. The van der Waals surface area contributed by atoms with E-state index in [1.54, 1.807) is 6.92 Å². The molecule has 132 valence electrons. The molecule has 5 nitrogen and oxygen atoms in total. The summed E-state index contributed by atoms with van der Waals surface area (Å²) in [4.78, 5) is 18.5. The van der Waals surface area contributed by atoms with Crippen LogP contribution in [-0.2, 0) is 4.74 Å². The fraction of sp³-hybridized carbons (Fsp3) is 0.400. The Bertz CT molecular complexity index is 768. The molecule has 1 fully saturated rings. The maximum absolute atomic E-state index is 11.7. The monoisotopic (exact) mass is 340 g/mol. The Balaban J connectivity index is 2.05. The number of carbonyl (C=O) groups is 1. The van der Waals surface area contributed by atoms with Gasteiger partial charge in [-0.1, -0.05) is 12.1 Å². The van der Waals surface area contributed by atoms with Gasteiger partial charge in [0.1, 0.15) is 5.69 Å². The summed E-state index contributed by atoms with van der Waals surface area (Å²) in [5.41, 5.74) is 4.82. The van der Waals surface area contributed by atoms with Gasteiger partial charge in [-0.05, 0) is 44.0 Å². The number of nitrogens with zero attached hydrogens (tertiary/aromatic N) is 2. The number of Topliss-reactive ketones (excluding diaryl/α,β-unsaturated/α-hetero) is 1. The Morgan fingerprint density at radius 3 is 2.72 bits per heavy atom. The Morgan fingerprint density at radius 1 is 1.28 bits per heavy atom. The Morgan fingerprint density at radius 2 is 2.04 bits per heavy atom. The molecule has 5 heteroatoms.